The molecule has 5 heteroatoms. The van der Waals surface area contributed by atoms with Crippen molar-refractivity contribution < 1.29 is 19.0 Å². The van der Waals surface area contributed by atoms with E-state index in [1.165, 1.54) is 6.42 Å². The van der Waals surface area contributed by atoms with Crippen molar-refractivity contribution in [1.29, 1.82) is 0 Å². The second-order valence-corrected chi connectivity index (χ2v) is 5.81. The zero-order valence-electron chi connectivity index (χ0n) is 14.3. The highest BCUT2D eigenvalue weighted by Gasteiger charge is 2.24. The number of rotatable bonds is 7. The van der Waals surface area contributed by atoms with Crippen LogP contribution in [0.1, 0.15) is 43.0 Å². The minimum atomic E-state index is -0.0134. The normalized spacial score (nSPS) is 17.6. The van der Waals surface area contributed by atoms with Crippen molar-refractivity contribution in [3.8, 4) is 11.5 Å². The van der Waals surface area contributed by atoms with Crippen LogP contribution in [0.2, 0.25) is 0 Å². The zero-order valence-corrected chi connectivity index (χ0v) is 14.3. The Hall–Kier alpha value is -1.75. The molecule has 1 aliphatic heterocycles. The number of amides is 1. The van der Waals surface area contributed by atoms with E-state index < -0.39 is 0 Å². The Morgan fingerprint density at radius 3 is 2.74 bits per heavy atom. The highest BCUT2D eigenvalue weighted by molar-refractivity contribution is 5.97. The molecule has 1 aromatic carbocycles. The van der Waals surface area contributed by atoms with Gasteiger partial charge in [-0.15, -0.1) is 0 Å². The second kappa shape index (κ2) is 8.77. The maximum atomic E-state index is 12.9. The monoisotopic (exact) mass is 321 g/mol. The molecule has 0 aliphatic carbocycles. The molecule has 1 amide bonds. The van der Waals surface area contributed by atoms with Gasteiger partial charge in [0.2, 0.25) is 0 Å². The van der Waals surface area contributed by atoms with Crippen LogP contribution in [0.15, 0.2) is 18.2 Å². The van der Waals surface area contributed by atoms with Gasteiger partial charge in [0.1, 0.15) is 11.5 Å². The summed E-state index contributed by atoms with van der Waals surface area (Å²) in [6, 6.07) is 5.30. The molecule has 0 radical (unpaired) electrons. The molecule has 1 fully saturated rings. The van der Waals surface area contributed by atoms with Gasteiger partial charge in [0.25, 0.3) is 5.91 Å². The fraction of sp³-hybridized carbons (Fsp3) is 0.611. The SMILES string of the molecule is CCCN(C[C@H]1CCCCO1)C(=O)c1ccc(OC)cc1OC. The molecule has 0 bridgehead atoms. The van der Waals surface area contributed by atoms with Crippen molar-refractivity contribution in [3.05, 3.63) is 23.8 Å². The number of ether oxygens (including phenoxy) is 3. The van der Waals surface area contributed by atoms with Crippen molar-refractivity contribution in [2.45, 2.75) is 38.7 Å². The fourth-order valence-corrected chi connectivity index (χ4v) is 2.89. The highest BCUT2D eigenvalue weighted by Crippen LogP contribution is 2.26. The zero-order chi connectivity index (χ0) is 16.7. The molecule has 1 saturated heterocycles. The van der Waals surface area contributed by atoms with Crippen molar-refractivity contribution in [1.82, 2.24) is 4.90 Å². The molecule has 0 spiro atoms. The minimum absolute atomic E-state index is 0.0134. The molecule has 2 rings (SSSR count). The van der Waals surface area contributed by atoms with E-state index >= 15 is 0 Å². The van der Waals surface area contributed by atoms with E-state index in [1.807, 2.05) is 4.90 Å². The standard InChI is InChI=1S/C18H27NO4/c1-4-10-19(13-15-7-5-6-11-23-15)18(20)16-9-8-14(21-2)12-17(16)22-3/h8-9,12,15H,4-7,10-11,13H2,1-3H3/t15-/m1/s1. The molecule has 1 heterocycles. The Kier molecular flexibility index (Phi) is 6.71. The Labute approximate surface area is 138 Å². The summed E-state index contributed by atoms with van der Waals surface area (Å²) in [5.74, 6) is 1.21. The average Bonchev–Trinajstić information content (AvgIpc) is 2.61. The van der Waals surface area contributed by atoms with Gasteiger partial charge in [-0.1, -0.05) is 6.92 Å². The molecule has 1 aliphatic rings. The highest BCUT2D eigenvalue weighted by atomic mass is 16.5. The minimum Gasteiger partial charge on any atom is -0.497 e. The summed E-state index contributed by atoms with van der Waals surface area (Å²) < 4.78 is 16.4. The van der Waals surface area contributed by atoms with Gasteiger partial charge in [0, 0.05) is 25.8 Å². The maximum absolute atomic E-state index is 12.9. The third kappa shape index (κ3) is 4.61. The lowest BCUT2D eigenvalue weighted by atomic mass is 10.1. The quantitative estimate of drug-likeness (QED) is 0.774. The number of carbonyl (C=O) groups excluding carboxylic acids is 1. The summed E-state index contributed by atoms with van der Waals surface area (Å²) in [7, 11) is 3.17. The van der Waals surface area contributed by atoms with Gasteiger partial charge in [-0.05, 0) is 37.8 Å². The lowest BCUT2D eigenvalue weighted by Gasteiger charge is -2.30. The van der Waals surface area contributed by atoms with Crippen LogP contribution in [0.3, 0.4) is 0 Å². The number of carbonyl (C=O) groups is 1. The Morgan fingerprint density at radius 2 is 2.13 bits per heavy atom. The van der Waals surface area contributed by atoms with E-state index in [-0.39, 0.29) is 12.0 Å². The molecular formula is C18H27NO4. The first-order valence-corrected chi connectivity index (χ1v) is 8.32. The first kappa shape index (κ1) is 17.6. The molecule has 1 atom stereocenters. The molecule has 5 nitrogen and oxygen atoms in total. The van der Waals surface area contributed by atoms with E-state index in [0.29, 0.717) is 30.2 Å². The van der Waals surface area contributed by atoms with E-state index in [2.05, 4.69) is 6.92 Å². The smallest absolute Gasteiger partial charge is 0.257 e. The van der Waals surface area contributed by atoms with Crippen LogP contribution in [0.4, 0.5) is 0 Å². The third-order valence-electron chi connectivity index (χ3n) is 4.12. The number of hydrogen-bond donors (Lipinski definition) is 0. The summed E-state index contributed by atoms with van der Waals surface area (Å²) in [5, 5.41) is 0. The maximum Gasteiger partial charge on any atom is 0.257 e. The lowest BCUT2D eigenvalue weighted by molar-refractivity contribution is -0.00389. The number of methoxy groups -OCH3 is 2. The van der Waals surface area contributed by atoms with Crippen LogP contribution < -0.4 is 9.47 Å². The molecule has 1 aromatic rings. The van der Waals surface area contributed by atoms with Crippen LogP contribution in [-0.2, 0) is 4.74 Å². The Morgan fingerprint density at radius 1 is 1.30 bits per heavy atom. The Balaban J connectivity index is 2.16. The van der Waals surface area contributed by atoms with Gasteiger partial charge in [-0.2, -0.15) is 0 Å². The fourth-order valence-electron chi connectivity index (χ4n) is 2.89. The predicted octanol–water partition coefficient (Wildman–Crippen LogP) is 3.13. The molecule has 0 N–H and O–H groups in total. The first-order valence-electron chi connectivity index (χ1n) is 8.32. The van der Waals surface area contributed by atoms with E-state index in [9.17, 15) is 4.79 Å². The van der Waals surface area contributed by atoms with E-state index in [4.69, 9.17) is 14.2 Å². The molecule has 0 unspecified atom stereocenters. The third-order valence-corrected chi connectivity index (χ3v) is 4.12. The van der Waals surface area contributed by atoms with E-state index in [0.717, 1.165) is 25.9 Å². The van der Waals surface area contributed by atoms with Crippen molar-refractivity contribution in [2.24, 2.45) is 0 Å². The Bertz CT molecular complexity index is 512. The van der Waals surface area contributed by atoms with Gasteiger partial charge >= 0.3 is 0 Å². The summed E-state index contributed by atoms with van der Waals surface area (Å²) in [6.07, 6.45) is 4.36. The summed E-state index contributed by atoms with van der Waals surface area (Å²) in [4.78, 5) is 14.8. The summed E-state index contributed by atoms with van der Waals surface area (Å²) in [5.41, 5.74) is 0.567. The van der Waals surface area contributed by atoms with Crippen molar-refractivity contribution in [3.63, 3.8) is 0 Å². The molecule has 128 valence electrons. The van der Waals surface area contributed by atoms with Gasteiger partial charge in [-0.3, -0.25) is 4.79 Å². The van der Waals surface area contributed by atoms with Crippen molar-refractivity contribution in [2.75, 3.05) is 33.9 Å². The largest absolute Gasteiger partial charge is 0.497 e. The van der Waals surface area contributed by atoms with Gasteiger partial charge in [0.05, 0.1) is 25.9 Å². The summed E-state index contributed by atoms with van der Waals surface area (Å²) in [6.45, 7) is 4.23. The van der Waals surface area contributed by atoms with Crippen LogP contribution in [0.25, 0.3) is 0 Å². The van der Waals surface area contributed by atoms with E-state index in [1.54, 1.807) is 32.4 Å². The molecule has 0 saturated carbocycles. The molecule has 0 aromatic heterocycles. The van der Waals surface area contributed by atoms with Crippen molar-refractivity contribution >= 4 is 5.91 Å². The second-order valence-electron chi connectivity index (χ2n) is 5.81. The van der Waals surface area contributed by atoms with Gasteiger partial charge in [-0.25, -0.2) is 0 Å². The molecule has 23 heavy (non-hydrogen) atoms. The molecular weight excluding hydrogens is 294 g/mol. The van der Waals surface area contributed by atoms with Gasteiger partial charge < -0.3 is 19.1 Å². The summed E-state index contributed by atoms with van der Waals surface area (Å²) >= 11 is 0. The van der Waals surface area contributed by atoms with Gasteiger partial charge in [0.15, 0.2) is 0 Å². The number of benzene rings is 1. The van der Waals surface area contributed by atoms with Crippen LogP contribution in [-0.4, -0.2) is 50.8 Å². The van der Waals surface area contributed by atoms with Crippen LogP contribution in [0, 0.1) is 0 Å². The topological polar surface area (TPSA) is 48.0 Å². The first-order chi connectivity index (χ1) is 11.2. The number of hydrogen-bond acceptors (Lipinski definition) is 4. The van der Waals surface area contributed by atoms with Crippen LogP contribution >= 0.6 is 0 Å². The number of nitrogens with zero attached hydrogens (tertiary/aromatic N) is 1. The lowest BCUT2D eigenvalue weighted by Crippen LogP contribution is -2.40. The average molecular weight is 321 g/mol. The van der Waals surface area contributed by atoms with Crippen LogP contribution in [0.5, 0.6) is 11.5 Å². The predicted molar refractivity (Wildman–Crippen MR) is 89.3 cm³/mol.